The maximum absolute atomic E-state index is 6.43. The number of fused-ring (bicyclic) bond motifs is 12. The number of benzene rings is 10. The van der Waals surface area contributed by atoms with Gasteiger partial charge in [-0.25, -0.2) is 19.0 Å². The van der Waals surface area contributed by atoms with Crippen LogP contribution in [-0.2, 0) is 9.31 Å². The maximum atomic E-state index is 6.43. The number of nitrogens with zero attached hydrogens (tertiary/aromatic N) is 8. The standard InChI is InChI=1S/C41H26N4.C35H31BN2O2.C12H7BrN2.B/c1-3-11-27(12-4-1)36-26-31-15-7-8-19-34(31)41-37(38(44-45(36)41)28-13-5-2-6-14-28)33-17-9-16-32(25-33)35-23-22-30-21-20-29-18-10-24-42-39(29)40(30)43-35;1-34(2)35(3,4)40-36(39-34)28-20-13-19-27(22-28)31-32(25-16-9-6-10-17-25)37-38-30(24-14-7-5-8-15-24)23-26-18-11-12-21-29(26)33(31)38;13-10-6-5-9-4-3-8-2-1-7-14-11(8)12(9)15-10;/h1-26H;5-23H,1-4H3;1-7H;. The Balaban J connectivity index is 0.000000130. The molecule has 3 radical (unpaired) electrons. The van der Waals surface area contributed by atoms with Crippen LogP contribution in [0, 0.1) is 0 Å². The second-order valence-corrected chi connectivity index (χ2v) is 27.0. The molecule has 18 aromatic rings. The van der Waals surface area contributed by atoms with Crippen LogP contribution < -0.4 is 5.46 Å². The van der Waals surface area contributed by atoms with Crippen LogP contribution in [-0.4, -0.2) is 65.9 Å². The molecule has 10 nitrogen and oxygen atoms in total. The normalized spacial score (nSPS) is 13.2. The molecule has 10 aromatic carbocycles. The van der Waals surface area contributed by atoms with Crippen LogP contribution in [0.1, 0.15) is 27.7 Å². The van der Waals surface area contributed by atoms with Gasteiger partial charge in [-0.3, -0.25) is 9.97 Å². The van der Waals surface area contributed by atoms with Crippen LogP contribution in [0.3, 0.4) is 0 Å². The Bertz CT molecular complexity index is 6140. The topological polar surface area (TPSA) is 105 Å². The third-order valence-electron chi connectivity index (χ3n) is 19.5. The molecule has 101 heavy (non-hydrogen) atoms. The molecule has 9 heterocycles. The molecule has 0 spiro atoms. The average Bonchev–Trinajstić information content (AvgIpc) is 1.60. The molecule has 1 aliphatic rings. The van der Waals surface area contributed by atoms with Crippen LogP contribution in [0.5, 0.6) is 0 Å². The Morgan fingerprint density at radius 2 is 0.723 bits per heavy atom. The highest BCUT2D eigenvalue weighted by atomic mass is 79.9. The van der Waals surface area contributed by atoms with Crippen molar-refractivity contribution < 1.29 is 9.31 Å². The second-order valence-electron chi connectivity index (χ2n) is 26.2. The molecule has 0 saturated carbocycles. The van der Waals surface area contributed by atoms with Crippen molar-refractivity contribution in [1.82, 2.24) is 39.2 Å². The van der Waals surface area contributed by atoms with E-state index in [0.29, 0.717) is 0 Å². The first kappa shape index (κ1) is 64.0. The van der Waals surface area contributed by atoms with Gasteiger partial charge in [0.15, 0.2) is 0 Å². The summed E-state index contributed by atoms with van der Waals surface area (Å²) in [6.45, 7) is 8.36. The van der Waals surface area contributed by atoms with E-state index in [1.165, 1.54) is 10.8 Å². The fourth-order valence-corrected chi connectivity index (χ4v) is 14.1. The monoisotopic (exact) mass is 1370 g/mol. The fraction of sp³-hybridized carbons (Fsp3) is 0.0682. The van der Waals surface area contributed by atoms with Crippen LogP contribution in [0.2, 0.25) is 0 Å². The Kier molecular flexibility index (Phi) is 16.8. The number of pyridine rings is 6. The fourth-order valence-electron chi connectivity index (χ4n) is 13.8. The zero-order chi connectivity index (χ0) is 67.5. The van der Waals surface area contributed by atoms with E-state index in [1.807, 2.05) is 54.7 Å². The van der Waals surface area contributed by atoms with Gasteiger partial charge in [0.1, 0.15) is 16.0 Å². The van der Waals surface area contributed by atoms with Gasteiger partial charge in [0.2, 0.25) is 0 Å². The van der Waals surface area contributed by atoms with Gasteiger partial charge < -0.3 is 9.31 Å². The number of hydrogen-bond donors (Lipinski definition) is 0. The van der Waals surface area contributed by atoms with E-state index < -0.39 is 18.3 Å². The van der Waals surface area contributed by atoms with Crippen molar-refractivity contribution in [3.63, 3.8) is 0 Å². The first-order valence-corrected chi connectivity index (χ1v) is 34.4. The van der Waals surface area contributed by atoms with Gasteiger partial charge in [0.05, 0.1) is 61.4 Å². The van der Waals surface area contributed by atoms with Crippen molar-refractivity contribution in [3.8, 4) is 78.5 Å². The van der Waals surface area contributed by atoms with E-state index in [-0.39, 0.29) is 8.41 Å². The molecular weight excluding hydrogens is 1300 g/mol. The lowest BCUT2D eigenvalue weighted by molar-refractivity contribution is 0.00578. The highest BCUT2D eigenvalue weighted by Crippen LogP contribution is 2.45. The number of halogens is 1. The van der Waals surface area contributed by atoms with E-state index in [2.05, 4.69) is 322 Å². The zero-order valence-electron chi connectivity index (χ0n) is 55.9. The van der Waals surface area contributed by atoms with Crippen molar-refractivity contribution in [2.45, 2.75) is 38.9 Å². The molecule has 13 heteroatoms. The van der Waals surface area contributed by atoms with Crippen LogP contribution >= 0.6 is 15.9 Å². The molecule has 19 rings (SSSR count). The molecule has 0 atom stereocenters. The first-order valence-electron chi connectivity index (χ1n) is 33.6. The largest absolute Gasteiger partial charge is 0.494 e. The Morgan fingerprint density at radius 3 is 1.23 bits per heavy atom. The molecule has 0 amide bonds. The summed E-state index contributed by atoms with van der Waals surface area (Å²) in [6.07, 6.45) is 3.63. The number of hydrogen-bond acceptors (Lipinski definition) is 8. The van der Waals surface area contributed by atoms with Crippen molar-refractivity contribution >= 4 is 113 Å². The SMILES string of the molecule is Brc1ccc2ccc3cccnc3c2n1.CC1(C)OB(c2cccc(-c3c(-c4ccccc4)nn4c(-c5ccccc5)cc5ccccc5c34)c2)OC1(C)C.[B].c1ccc(-c2nn3c(-c4ccccc4)cc4ccccc4c3c2-c2cccc(-c3ccc4ccc5cccnc5c4n3)c2)cc1. The van der Waals surface area contributed by atoms with Crippen LogP contribution in [0.15, 0.2) is 320 Å². The zero-order valence-corrected chi connectivity index (χ0v) is 57.5. The summed E-state index contributed by atoms with van der Waals surface area (Å²) in [5.41, 5.74) is 20.8. The molecule has 0 N–H and O–H groups in total. The lowest BCUT2D eigenvalue weighted by atomic mass is 9.77. The van der Waals surface area contributed by atoms with E-state index in [1.54, 1.807) is 6.20 Å². The van der Waals surface area contributed by atoms with Gasteiger partial charge >= 0.3 is 7.12 Å². The summed E-state index contributed by atoms with van der Waals surface area (Å²) in [7, 11) is -0.441. The van der Waals surface area contributed by atoms with Crippen molar-refractivity contribution in [2.24, 2.45) is 0 Å². The molecule has 8 aromatic heterocycles. The summed E-state index contributed by atoms with van der Waals surface area (Å²) in [6, 6.07) is 105. The molecule has 1 fully saturated rings. The highest BCUT2D eigenvalue weighted by Gasteiger charge is 2.51. The minimum atomic E-state index is -0.441. The maximum Gasteiger partial charge on any atom is 0.494 e. The van der Waals surface area contributed by atoms with Crippen LogP contribution in [0.4, 0.5) is 0 Å². The Morgan fingerprint density at radius 1 is 0.337 bits per heavy atom. The van der Waals surface area contributed by atoms with E-state index >= 15 is 0 Å². The third-order valence-corrected chi connectivity index (χ3v) is 19.9. The summed E-state index contributed by atoms with van der Waals surface area (Å²) in [4.78, 5) is 18.7. The molecule has 0 bridgehead atoms. The molecular formula is C88H64B2BrN8O2. The summed E-state index contributed by atoms with van der Waals surface area (Å²) >= 11 is 3.38. The predicted molar refractivity (Wildman–Crippen MR) is 420 cm³/mol. The van der Waals surface area contributed by atoms with E-state index in [4.69, 9.17) is 24.5 Å². The van der Waals surface area contributed by atoms with Gasteiger partial charge in [-0.15, -0.1) is 0 Å². The van der Waals surface area contributed by atoms with Crippen molar-refractivity contribution in [2.75, 3.05) is 0 Å². The Hall–Kier alpha value is -11.7. The lowest BCUT2D eigenvalue weighted by Crippen LogP contribution is -2.41. The molecule has 481 valence electrons. The van der Waals surface area contributed by atoms with Crippen molar-refractivity contribution in [3.05, 3.63) is 320 Å². The van der Waals surface area contributed by atoms with E-state index in [9.17, 15) is 0 Å². The van der Waals surface area contributed by atoms with Gasteiger partial charge in [-0.05, 0) is 113 Å². The predicted octanol–water partition coefficient (Wildman–Crippen LogP) is 21.2. The molecule has 0 aliphatic carbocycles. The minimum Gasteiger partial charge on any atom is -0.399 e. The van der Waals surface area contributed by atoms with Gasteiger partial charge in [0, 0.05) is 92.1 Å². The number of aromatic nitrogens is 8. The Labute approximate surface area is 595 Å². The van der Waals surface area contributed by atoms with Gasteiger partial charge in [-0.2, -0.15) is 10.2 Å². The van der Waals surface area contributed by atoms with Gasteiger partial charge in [-0.1, -0.05) is 261 Å². The summed E-state index contributed by atoms with van der Waals surface area (Å²) < 4.78 is 18.0. The average molecular weight is 1370 g/mol. The first-order chi connectivity index (χ1) is 49.0. The molecule has 1 aliphatic heterocycles. The number of rotatable bonds is 8. The minimum absolute atomic E-state index is 0. The molecule has 0 unspecified atom stereocenters. The highest BCUT2D eigenvalue weighted by molar-refractivity contribution is 9.10. The second kappa shape index (κ2) is 26.5. The van der Waals surface area contributed by atoms with Crippen LogP contribution in [0.25, 0.3) is 155 Å². The smallest absolute Gasteiger partial charge is 0.399 e. The van der Waals surface area contributed by atoms with E-state index in [0.717, 1.165) is 154 Å². The third kappa shape index (κ3) is 11.9. The van der Waals surface area contributed by atoms with Crippen molar-refractivity contribution in [1.29, 1.82) is 0 Å². The summed E-state index contributed by atoms with van der Waals surface area (Å²) in [5, 5.41) is 19.7. The molecule has 1 saturated heterocycles. The summed E-state index contributed by atoms with van der Waals surface area (Å²) in [5.74, 6) is 0. The quantitative estimate of drug-likeness (QED) is 0.0842. The van der Waals surface area contributed by atoms with Gasteiger partial charge in [0.25, 0.3) is 0 Å². The lowest BCUT2D eigenvalue weighted by Gasteiger charge is -2.32.